The smallest absolute Gasteiger partial charge is 0.259 e. The molecule has 3 rings (SSSR count). The zero-order chi connectivity index (χ0) is 14.1. The molecule has 3 nitrogen and oxygen atoms in total. The molecule has 0 aromatic heterocycles. The summed E-state index contributed by atoms with van der Waals surface area (Å²) < 4.78 is 0. The third kappa shape index (κ3) is 1.96. The van der Waals surface area contributed by atoms with Crippen LogP contribution in [0.5, 0.6) is 0 Å². The third-order valence-electron chi connectivity index (χ3n) is 3.65. The van der Waals surface area contributed by atoms with Crippen molar-refractivity contribution in [1.82, 2.24) is 0 Å². The number of hydrogen-bond acceptors (Lipinski definition) is 2. The molecule has 1 unspecified atom stereocenters. The number of aryl methyl sites for hydroxylation is 1. The number of benzene rings is 2. The third-order valence-corrected chi connectivity index (χ3v) is 3.65. The molecule has 1 aliphatic heterocycles. The van der Waals surface area contributed by atoms with Crippen molar-refractivity contribution >= 4 is 11.6 Å². The van der Waals surface area contributed by atoms with Gasteiger partial charge in [-0.25, -0.2) is 0 Å². The summed E-state index contributed by atoms with van der Waals surface area (Å²) in [6.45, 7) is 2.00. The van der Waals surface area contributed by atoms with Crippen molar-refractivity contribution in [2.45, 2.75) is 19.4 Å². The molecule has 0 bridgehead atoms. The van der Waals surface area contributed by atoms with Crippen LogP contribution in [-0.2, 0) is 6.42 Å². The predicted octanol–water partition coefficient (Wildman–Crippen LogP) is 3.09. The highest BCUT2D eigenvalue weighted by molar-refractivity contribution is 6.09. The molecule has 1 heterocycles. The van der Waals surface area contributed by atoms with Crippen LogP contribution in [0.3, 0.4) is 0 Å². The normalized spacial score (nSPS) is 17.5. The molecular weight excluding hydrogens is 248 g/mol. The summed E-state index contributed by atoms with van der Waals surface area (Å²) in [4.78, 5) is 14.2. The van der Waals surface area contributed by atoms with E-state index in [2.05, 4.69) is 6.07 Å². The maximum absolute atomic E-state index is 12.6. The van der Waals surface area contributed by atoms with Gasteiger partial charge in [0.1, 0.15) is 6.04 Å². The van der Waals surface area contributed by atoms with Gasteiger partial charge < -0.3 is 0 Å². The molecule has 2 aromatic carbocycles. The van der Waals surface area contributed by atoms with Gasteiger partial charge in [-0.15, -0.1) is 0 Å². The molecule has 0 spiro atoms. The number of amides is 1. The lowest BCUT2D eigenvalue weighted by molar-refractivity contribution is 0.0974. The lowest BCUT2D eigenvalue weighted by Crippen LogP contribution is -2.45. The minimum Gasteiger partial charge on any atom is -0.291 e. The Bertz CT molecular complexity index is 698. The number of nitrogens with zero attached hydrogens (tertiary/aromatic N) is 2. The van der Waals surface area contributed by atoms with Crippen LogP contribution >= 0.6 is 0 Å². The van der Waals surface area contributed by atoms with E-state index in [1.165, 1.54) is 0 Å². The van der Waals surface area contributed by atoms with Crippen LogP contribution in [0, 0.1) is 18.3 Å². The highest BCUT2D eigenvalue weighted by Crippen LogP contribution is 2.28. The van der Waals surface area contributed by atoms with E-state index in [4.69, 9.17) is 0 Å². The van der Waals surface area contributed by atoms with Gasteiger partial charge in [0.15, 0.2) is 0 Å². The van der Waals surface area contributed by atoms with E-state index >= 15 is 0 Å². The first-order valence-electron chi connectivity index (χ1n) is 6.58. The Kier molecular flexibility index (Phi) is 3.00. The summed E-state index contributed by atoms with van der Waals surface area (Å²) in [7, 11) is 0. The first kappa shape index (κ1) is 12.4. The van der Waals surface area contributed by atoms with Gasteiger partial charge in [-0.1, -0.05) is 35.9 Å². The Morgan fingerprint density at radius 3 is 2.55 bits per heavy atom. The zero-order valence-electron chi connectivity index (χ0n) is 11.2. The fraction of sp³-hybridized carbons (Fsp3) is 0.176. The first-order valence-corrected chi connectivity index (χ1v) is 6.58. The highest BCUT2D eigenvalue weighted by atomic mass is 16.2. The highest BCUT2D eigenvalue weighted by Gasteiger charge is 2.33. The fourth-order valence-electron chi connectivity index (χ4n) is 2.58. The number of fused-ring (bicyclic) bond motifs is 1. The maximum Gasteiger partial charge on any atom is 0.259 e. The summed E-state index contributed by atoms with van der Waals surface area (Å²) in [5.74, 6) is -0.0951. The second kappa shape index (κ2) is 4.82. The van der Waals surface area contributed by atoms with Crippen molar-refractivity contribution in [1.29, 1.82) is 5.26 Å². The quantitative estimate of drug-likeness (QED) is 0.792. The second-order valence-electron chi connectivity index (χ2n) is 5.02. The van der Waals surface area contributed by atoms with Gasteiger partial charge in [-0.2, -0.15) is 5.26 Å². The molecule has 2 aromatic rings. The molecule has 0 saturated carbocycles. The number of carbonyl (C=O) groups excluding carboxylic acids is 1. The molecule has 1 amide bonds. The van der Waals surface area contributed by atoms with Crippen LogP contribution in [0.25, 0.3) is 0 Å². The summed E-state index contributed by atoms with van der Waals surface area (Å²) >= 11 is 0. The van der Waals surface area contributed by atoms with Crippen LogP contribution in [0.4, 0.5) is 5.69 Å². The van der Waals surface area contributed by atoms with Gasteiger partial charge in [0.2, 0.25) is 0 Å². The standard InChI is InChI=1S/C17H14N2O/c1-12-6-8-14(9-7-12)19-15(11-18)10-13-4-2-3-5-16(13)17(19)20/h2-9,15H,10H2,1H3. The molecule has 98 valence electrons. The van der Waals surface area contributed by atoms with E-state index in [9.17, 15) is 10.1 Å². The van der Waals surface area contributed by atoms with Gasteiger partial charge in [0.25, 0.3) is 5.91 Å². The van der Waals surface area contributed by atoms with Gasteiger partial charge in [0, 0.05) is 17.7 Å². The number of nitriles is 1. The molecule has 0 N–H and O–H groups in total. The lowest BCUT2D eigenvalue weighted by Gasteiger charge is -2.32. The minimum atomic E-state index is -0.444. The minimum absolute atomic E-state index is 0.0951. The summed E-state index contributed by atoms with van der Waals surface area (Å²) in [5.41, 5.74) is 3.56. The summed E-state index contributed by atoms with van der Waals surface area (Å²) in [6.07, 6.45) is 0.576. The number of anilines is 1. The zero-order valence-corrected chi connectivity index (χ0v) is 11.2. The summed E-state index contributed by atoms with van der Waals surface area (Å²) in [6, 6.07) is 17.0. The average Bonchev–Trinajstić information content (AvgIpc) is 2.48. The van der Waals surface area contributed by atoms with Gasteiger partial charge >= 0.3 is 0 Å². The molecule has 0 fully saturated rings. The molecule has 0 aliphatic carbocycles. The van der Waals surface area contributed by atoms with Crippen molar-refractivity contribution in [3.63, 3.8) is 0 Å². The van der Waals surface area contributed by atoms with Crippen molar-refractivity contribution in [3.8, 4) is 6.07 Å². The van der Waals surface area contributed by atoms with Crippen LogP contribution in [0.15, 0.2) is 48.5 Å². The van der Waals surface area contributed by atoms with Crippen molar-refractivity contribution in [2.24, 2.45) is 0 Å². The largest absolute Gasteiger partial charge is 0.291 e. The first-order chi connectivity index (χ1) is 9.70. The average molecular weight is 262 g/mol. The predicted molar refractivity (Wildman–Crippen MR) is 77.5 cm³/mol. The van der Waals surface area contributed by atoms with E-state index in [0.717, 1.165) is 16.8 Å². The topological polar surface area (TPSA) is 44.1 Å². The van der Waals surface area contributed by atoms with Crippen molar-refractivity contribution < 1.29 is 4.79 Å². The summed E-state index contributed by atoms with van der Waals surface area (Å²) in [5, 5.41) is 9.38. The monoisotopic (exact) mass is 262 g/mol. The molecule has 0 radical (unpaired) electrons. The Labute approximate surface area is 118 Å². The van der Waals surface area contributed by atoms with E-state index in [1.54, 1.807) is 4.90 Å². The van der Waals surface area contributed by atoms with Crippen molar-refractivity contribution in [2.75, 3.05) is 4.90 Å². The molecule has 20 heavy (non-hydrogen) atoms. The Balaban J connectivity index is 2.08. The van der Waals surface area contributed by atoms with Crippen molar-refractivity contribution in [3.05, 3.63) is 65.2 Å². The number of hydrogen-bond donors (Lipinski definition) is 0. The molecular formula is C17H14N2O. The molecule has 3 heteroatoms. The second-order valence-corrected chi connectivity index (χ2v) is 5.02. The van der Waals surface area contributed by atoms with Gasteiger partial charge in [-0.05, 0) is 30.7 Å². The number of carbonyl (C=O) groups is 1. The Morgan fingerprint density at radius 2 is 1.85 bits per heavy atom. The lowest BCUT2D eigenvalue weighted by atomic mass is 9.93. The van der Waals surface area contributed by atoms with E-state index < -0.39 is 6.04 Å². The molecule has 0 saturated heterocycles. The Hall–Kier alpha value is -2.60. The van der Waals surface area contributed by atoms with Crippen LogP contribution in [0.2, 0.25) is 0 Å². The van der Waals surface area contributed by atoms with Crippen LogP contribution in [-0.4, -0.2) is 11.9 Å². The van der Waals surface area contributed by atoms with Crippen LogP contribution < -0.4 is 4.90 Å². The maximum atomic E-state index is 12.6. The fourth-order valence-corrected chi connectivity index (χ4v) is 2.58. The van der Waals surface area contributed by atoms with Gasteiger partial charge in [-0.3, -0.25) is 9.69 Å². The molecule has 1 atom stereocenters. The van der Waals surface area contributed by atoms with Crippen LogP contribution in [0.1, 0.15) is 21.5 Å². The SMILES string of the molecule is Cc1ccc(N2C(=O)c3ccccc3CC2C#N)cc1. The van der Waals surface area contributed by atoms with Gasteiger partial charge in [0.05, 0.1) is 6.07 Å². The Morgan fingerprint density at radius 1 is 1.15 bits per heavy atom. The van der Waals surface area contributed by atoms with E-state index in [-0.39, 0.29) is 5.91 Å². The number of rotatable bonds is 1. The van der Waals surface area contributed by atoms with E-state index in [1.807, 2.05) is 55.5 Å². The molecule has 1 aliphatic rings. The van der Waals surface area contributed by atoms with E-state index in [0.29, 0.717) is 12.0 Å².